The predicted molar refractivity (Wildman–Crippen MR) is 99.8 cm³/mol. The van der Waals surface area contributed by atoms with Crippen LogP contribution in [0, 0.1) is 0 Å². The molecule has 0 saturated heterocycles. The molecule has 0 spiro atoms. The van der Waals surface area contributed by atoms with Gasteiger partial charge in [-0.1, -0.05) is 43.1 Å². The monoisotopic (exact) mass is 380 g/mol. The van der Waals surface area contributed by atoms with Gasteiger partial charge in [0.15, 0.2) is 0 Å². The fourth-order valence-electron chi connectivity index (χ4n) is 3.66. The quantitative estimate of drug-likeness (QED) is 0.769. The van der Waals surface area contributed by atoms with Crippen molar-refractivity contribution in [2.24, 2.45) is 0 Å². The summed E-state index contributed by atoms with van der Waals surface area (Å²) in [5, 5.41) is 10.4. The van der Waals surface area contributed by atoms with Crippen molar-refractivity contribution in [1.29, 1.82) is 0 Å². The van der Waals surface area contributed by atoms with Gasteiger partial charge in [-0.3, -0.25) is 4.79 Å². The van der Waals surface area contributed by atoms with E-state index in [-0.39, 0.29) is 18.3 Å². The van der Waals surface area contributed by atoms with E-state index in [4.69, 9.17) is 28.2 Å². The maximum atomic E-state index is 11.3. The number of hydrogen-bond donors (Lipinski definition) is 1. The molecule has 4 nitrogen and oxygen atoms in total. The van der Waals surface area contributed by atoms with Crippen molar-refractivity contribution in [1.82, 2.24) is 9.55 Å². The number of benzene rings is 1. The summed E-state index contributed by atoms with van der Waals surface area (Å²) in [6.07, 6.45) is 2.95. The number of rotatable bonds is 5. The zero-order chi connectivity index (χ0) is 18.1. The molecule has 1 N–H and O–H groups in total. The van der Waals surface area contributed by atoms with Gasteiger partial charge in [0.2, 0.25) is 0 Å². The highest BCUT2D eigenvalue weighted by Gasteiger charge is 2.30. The summed E-state index contributed by atoms with van der Waals surface area (Å²) < 4.78 is 2.20. The first-order chi connectivity index (χ1) is 11.9. The molecule has 1 aromatic carbocycles. The van der Waals surface area contributed by atoms with Crippen molar-refractivity contribution in [2.75, 3.05) is 0 Å². The van der Waals surface area contributed by atoms with Crippen LogP contribution in [0.2, 0.25) is 10.0 Å². The topological polar surface area (TPSA) is 55.1 Å². The second-order valence-electron chi connectivity index (χ2n) is 6.98. The minimum Gasteiger partial charge on any atom is -0.481 e. The number of nitrogens with zero attached hydrogens (tertiary/aromatic N) is 2. The zero-order valence-electron chi connectivity index (χ0n) is 14.4. The summed E-state index contributed by atoms with van der Waals surface area (Å²) in [4.78, 5) is 16.2. The van der Waals surface area contributed by atoms with Crippen LogP contribution in [0.25, 0.3) is 0 Å². The third-order valence-electron chi connectivity index (χ3n) is 4.73. The first-order valence-corrected chi connectivity index (χ1v) is 9.37. The molecule has 1 aliphatic rings. The molecule has 1 atom stereocenters. The molecule has 0 unspecified atom stereocenters. The number of halogens is 2. The summed E-state index contributed by atoms with van der Waals surface area (Å²) in [6, 6.07) is 5.63. The van der Waals surface area contributed by atoms with Crippen LogP contribution < -0.4 is 0 Å². The Morgan fingerprint density at radius 2 is 2.12 bits per heavy atom. The molecule has 0 amide bonds. The van der Waals surface area contributed by atoms with E-state index in [1.165, 1.54) is 0 Å². The predicted octanol–water partition coefficient (Wildman–Crippen LogP) is 5.26. The molecule has 1 heterocycles. The number of aromatic nitrogens is 2. The summed E-state index contributed by atoms with van der Waals surface area (Å²) in [5.41, 5.74) is 3.18. The summed E-state index contributed by atoms with van der Waals surface area (Å²) in [6.45, 7) is 4.86. The van der Waals surface area contributed by atoms with Crippen LogP contribution >= 0.6 is 23.2 Å². The molecule has 1 aromatic heterocycles. The van der Waals surface area contributed by atoms with E-state index in [1.807, 2.05) is 12.1 Å². The van der Waals surface area contributed by atoms with Gasteiger partial charge in [0.1, 0.15) is 5.82 Å². The van der Waals surface area contributed by atoms with Crippen LogP contribution in [0.3, 0.4) is 0 Å². The van der Waals surface area contributed by atoms with Gasteiger partial charge in [-0.2, -0.15) is 0 Å². The van der Waals surface area contributed by atoms with Crippen molar-refractivity contribution in [2.45, 2.75) is 57.9 Å². The van der Waals surface area contributed by atoms with Crippen molar-refractivity contribution >= 4 is 29.2 Å². The van der Waals surface area contributed by atoms with E-state index in [9.17, 15) is 9.90 Å². The maximum Gasteiger partial charge on any atom is 0.304 e. The number of carboxylic acid groups (broad SMARTS) is 1. The molecule has 0 bridgehead atoms. The Bertz CT molecular complexity index is 799. The smallest absolute Gasteiger partial charge is 0.304 e. The molecule has 25 heavy (non-hydrogen) atoms. The van der Waals surface area contributed by atoms with E-state index < -0.39 is 5.97 Å². The van der Waals surface area contributed by atoms with Gasteiger partial charge < -0.3 is 9.67 Å². The molecule has 2 aromatic rings. The van der Waals surface area contributed by atoms with Gasteiger partial charge >= 0.3 is 5.97 Å². The molecular formula is C19H22Cl2N2O2. The van der Waals surface area contributed by atoms with E-state index in [0.717, 1.165) is 42.0 Å². The van der Waals surface area contributed by atoms with E-state index in [2.05, 4.69) is 18.4 Å². The lowest BCUT2D eigenvalue weighted by molar-refractivity contribution is -0.137. The van der Waals surface area contributed by atoms with Gasteiger partial charge in [-0.25, -0.2) is 4.98 Å². The van der Waals surface area contributed by atoms with Crippen LogP contribution in [0.5, 0.6) is 0 Å². The van der Waals surface area contributed by atoms with Crippen molar-refractivity contribution in [3.63, 3.8) is 0 Å². The standard InChI is InChI=1S/C19H22Cl2N2O2/c1-11(2)19-22-16-5-3-4-13(9-17(24)25)18(16)23(19)10-12-6-7-14(20)15(21)8-12/h6-8,11,13H,3-5,9-10H2,1-2H3,(H,24,25)/t13-/m1/s1. The molecule has 1 aliphatic carbocycles. The Kier molecular flexibility index (Phi) is 5.40. The summed E-state index contributed by atoms with van der Waals surface area (Å²) in [7, 11) is 0. The average Bonchev–Trinajstić information content (AvgIpc) is 2.90. The lowest BCUT2D eigenvalue weighted by Gasteiger charge is -2.24. The minimum atomic E-state index is -0.758. The van der Waals surface area contributed by atoms with Crippen molar-refractivity contribution in [3.8, 4) is 0 Å². The Morgan fingerprint density at radius 1 is 1.36 bits per heavy atom. The van der Waals surface area contributed by atoms with Gasteiger partial charge in [-0.15, -0.1) is 0 Å². The second kappa shape index (κ2) is 7.38. The SMILES string of the molecule is CC(C)c1nc2c(n1Cc1ccc(Cl)c(Cl)c1)[C@@H](CC(=O)O)CCC2. The van der Waals surface area contributed by atoms with E-state index >= 15 is 0 Å². The number of carbonyl (C=O) groups is 1. The molecule has 0 radical (unpaired) electrons. The number of fused-ring (bicyclic) bond motifs is 1. The Balaban J connectivity index is 2.05. The highest BCUT2D eigenvalue weighted by Crippen LogP contribution is 2.37. The summed E-state index contributed by atoms with van der Waals surface area (Å²) >= 11 is 12.2. The zero-order valence-corrected chi connectivity index (χ0v) is 15.9. The largest absolute Gasteiger partial charge is 0.481 e. The number of aliphatic carboxylic acids is 1. The third-order valence-corrected chi connectivity index (χ3v) is 5.47. The van der Waals surface area contributed by atoms with Crippen molar-refractivity contribution in [3.05, 3.63) is 51.0 Å². The molecule has 0 aliphatic heterocycles. The van der Waals surface area contributed by atoms with Gasteiger partial charge in [0, 0.05) is 24.1 Å². The fraction of sp³-hybridized carbons (Fsp3) is 0.474. The minimum absolute atomic E-state index is 0.0176. The normalized spacial score (nSPS) is 16.9. The summed E-state index contributed by atoms with van der Waals surface area (Å²) in [5.74, 6) is 0.530. The molecule has 0 saturated carbocycles. The lowest BCUT2D eigenvalue weighted by atomic mass is 9.87. The molecule has 3 rings (SSSR count). The van der Waals surface area contributed by atoms with Crippen LogP contribution in [0.4, 0.5) is 0 Å². The Morgan fingerprint density at radius 3 is 2.76 bits per heavy atom. The first kappa shape index (κ1) is 18.3. The lowest BCUT2D eigenvalue weighted by Crippen LogP contribution is -2.18. The number of hydrogen-bond acceptors (Lipinski definition) is 2. The highest BCUT2D eigenvalue weighted by atomic mass is 35.5. The third kappa shape index (κ3) is 3.85. The Labute approximate surface area is 157 Å². The maximum absolute atomic E-state index is 11.3. The van der Waals surface area contributed by atoms with Crippen LogP contribution in [-0.4, -0.2) is 20.6 Å². The average molecular weight is 381 g/mol. The fourth-order valence-corrected chi connectivity index (χ4v) is 3.99. The number of imidazole rings is 1. The van der Waals surface area contributed by atoms with Gasteiger partial charge in [-0.05, 0) is 37.0 Å². The van der Waals surface area contributed by atoms with Crippen molar-refractivity contribution < 1.29 is 9.90 Å². The first-order valence-electron chi connectivity index (χ1n) is 8.61. The van der Waals surface area contributed by atoms with Crippen LogP contribution in [0.1, 0.15) is 67.7 Å². The van der Waals surface area contributed by atoms with E-state index in [0.29, 0.717) is 16.6 Å². The molecule has 0 fully saturated rings. The van der Waals surface area contributed by atoms with Crippen LogP contribution in [0.15, 0.2) is 18.2 Å². The molecule has 6 heteroatoms. The second-order valence-corrected chi connectivity index (χ2v) is 7.79. The highest BCUT2D eigenvalue weighted by molar-refractivity contribution is 6.42. The van der Waals surface area contributed by atoms with Gasteiger partial charge in [0.05, 0.1) is 22.2 Å². The molecular weight excluding hydrogens is 359 g/mol. The number of carboxylic acids is 1. The molecule has 134 valence electrons. The van der Waals surface area contributed by atoms with E-state index in [1.54, 1.807) is 6.07 Å². The number of aryl methyl sites for hydroxylation is 1. The Hall–Kier alpha value is -1.52. The van der Waals surface area contributed by atoms with Crippen LogP contribution in [-0.2, 0) is 17.8 Å². The van der Waals surface area contributed by atoms with Gasteiger partial charge in [0.25, 0.3) is 0 Å².